The number of non-ortho nitro benzene ring substituents is 1. The number of pyridine rings is 1. The molecular formula is C28H18F3N5O6S2. The molecule has 1 saturated heterocycles. The van der Waals surface area contributed by atoms with E-state index in [1.807, 2.05) is 0 Å². The molecule has 0 bridgehead atoms. The number of para-hydroxylation sites is 1. The molecule has 2 unspecified atom stereocenters. The number of thioether (sulfide) groups is 1. The highest BCUT2D eigenvalue weighted by molar-refractivity contribution is 8.00. The van der Waals surface area contributed by atoms with Crippen molar-refractivity contribution in [2.24, 2.45) is 5.92 Å². The van der Waals surface area contributed by atoms with Gasteiger partial charge in [0.25, 0.3) is 5.69 Å². The summed E-state index contributed by atoms with van der Waals surface area (Å²) >= 11 is 1.69. The summed E-state index contributed by atoms with van der Waals surface area (Å²) < 4.78 is 41.5. The number of nitro benzene ring substituents is 1. The molecule has 44 heavy (non-hydrogen) atoms. The second-order valence-corrected chi connectivity index (χ2v) is 12.0. The molecule has 0 aliphatic carbocycles. The standard InChI is InChI=1S/C28H18F3N5O6S2/c29-28(30,31)17-5-1-2-6-18(17)33-19(37)13-34-26-23(44-27(34)40)20(14-4-3-11-32-12-14)21-22(43-26)25(39)35(24(21)38)15-7-9-16(10-8-15)36(41)42/h1-12,20-22H,13H2,(H,33,37)/t20-,21?,22?/m1/s1. The van der Waals surface area contributed by atoms with Gasteiger partial charge in [-0.3, -0.25) is 38.8 Å². The van der Waals surface area contributed by atoms with Gasteiger partial charge >= 0.3 is 11.0 Å². The number of hydrogen-bond donors (Lipinski definition) is 1. The maximum Gasteiger partial charge on any atom is 0.418 e. The van der Waals surface area contributed by atoms with Crippen LogP contribution in [0.4, 0.5) is 30.2 Å². The second kappa shape index (κ2) is 11.0. The quantitative estimate of drug-likeness (QED) is 0.182. The minimum Gasteiger partial charge on any atom is -0.324 e. The summed E-state index contributed by atoms with van der Waals surface area (Å²) in [5.74, 6) is -3.87. The maximum atomic E-state index is 13.8. The lowest BCUT2D eigenvalue weighted by molar-refractivity contribution is -0.384. The zero-order chi connectivity index (χ0) is 31.3. The monoisotopic (exact) mass is 641 g/mol. The fourth-order valence-corrected chi connectivity index (χ4v) is 8.10. The van der Waals surface area contributed by atoms with Gasteiger partial charge in [0.15, 0.2) is 0 Å². The highest BCUT2D eigenvalue weighted by Gasteiger charge is 2.57. The third-order valence-electron chi connectivity index (χ3n) is 7.22. The number of nitrogens with zero attached hydrogens (tertiary/aromatic N) is 4. The molecule has 2 aromatic heterocycles. The van der Waals surface area contributed by atoms with Gasteiger partial charge in [0, 0.05) is 35.3 Å². The SMILES string of the molecule is O=C(Cn1c2c(sc1=O)[C@H](c1cccnc1)C1C(=O)N(c3ccc([N+](=O)[O-])cc3)C(=O)C1S2)Nc1ccccc1C(F)(F)F. The van der Waals surface area contributed by atoms with Crippen LogP contribution in [-0.2, 0) is 27.1 Å². The summed E-state index contributed by atoms with van der Waals surface area (Å²) in [6.07, 6.45) is -1.71. The average molecular weight is 642 g/mol. The Morgan fingerprint density at radius 1 is 1.02 bits per heavy atom. The number of halogens is 3. The molecule has 0 spiro atoms. The van der Waals surface area contributed by atoms with Gasteiger partial charge in [0.1, 0.15) is 11.8 Å². The molecule has 0 saturated carbocycles. The molecule has 16 heteroatoms. The Bertz CT molecular complexity index is 1880. The van der Waals surface area contributed by atoms with Crippen LogP contribution in [0.5, 0.6) is 0 Å². The number of anilines is 2. The number of benzene rings is 2. The highest BCUT2D eigenvalue weighted by Crippen LogP contribution is 2.53. The molecule has 1 N–H and O–H groups in total. The molecule has 224 valence electrons. The van der Waals surface area contributed by atoms with Gasteiger partial charge in [0.2, 0.25) is 17.7 Å². The molecule has 4 heterocycles. The predicted octanol–water partition coefficient (Wildman–Crippen LogP) is 4.67. The second-order valence-electron chi connectivity index (χ2n) is 9.83. The number of aromatic nitrogens is 2. The number of rotatable bonds is 6. The van der Waals surface area contributed by atoms with Gasteiger partial charge in [-0.2, -0.15) is 13.2 Å². The van der Waals surface area contributed by atoms with Crippen molar-refractivity contribution in [2.75, 3.05) is 10.2 Å². The van der Waals surface area contributed by atoms with E-state index >= 15 is 0 Å². The Labute approximate surface area is 253 Å². The normalized spacial score (nSPS) is 19.4. The molecule has 2 aliphatic heterocycles. The van der Waals surface area contributed by atoms with Crippen molar-refractivity contribution in [3.05, 3.63) is 109 Å². The van der Waals surface area contributed by atoms with Crippen LogP contribution < -0.4 is 15.1 Å². The van der Waals surface area contributed by atoms with Crippen LogP contribution in [0.3, 0.4) is 0 Å². The van der Waals surface area contributed by atoms with Crippen LogP contribution in [0.1, 0.15) is 21.9 Å². The average Bonchev–Trinajstić information content (AvgIpc) is 3.43. The zero-order valence-corrected chi connectivity index (χ0v) is 23.7. The van der Waals surface area contributed by atoms with E-state index in [0.29, 0.717) is 10.4 Å². The molecular weight excluding hydrogens is 623 g/mol. The first-order chi connectivity index (χ1) is 21.0. The molecule has 1 fully saturated rings. The van der Waals surface area contributed by atoms with Crippen LogP contribution in [0, 0.1) is 16.0 Å². The van der Waals surface area contributed by atoms with Crippen LogP contribution in [0.2, 0.25) is 0 Å². The summed E-state index contributed by atoms with van der Waals surface area (Å²) in [6, 6.07) is 12.7. The summed E-state index contributed by atoms with van der Waals surface area (Å²) in [7, 11) is 0. The molecule has 2 aliphatic rings. The number of nitro groups is 1. The Kier molecular flexibility index (Phi) is 7.33. The van der Waals surface area contributed by atoms with Crippen molar-refractivity contribution in [1.82, 2.24) is 9.55 Å². The van der Waals surface area contributed by atoms with E-state index in [2.05, 4.69) is 10.3 Å². The minimum atomic E-state index is -4.73. The van der Waals surface area contributed by atoms with Crippen molar-refractivity contribution < 1.29 is 32.5 Å². The van der Waals surface area contributed by atoms with E-state index in [1.54, 1.807) is 12.1 Å². The number of nitrogens with one attached hydrogen (secondary N) is 1. The lowest BCUT2D eigenvalue weighted by Gasteiger charge is -2.30. The van der Waals surface area contributed by atoms with Gasteiger partial charge in [-0.05, 0) is 35.9 Å². The Hall–Kier alpha value is -4.83. The van der Waals surface area contributed by atoms with Crippen LogP contribution in [0.25, 0.3) is 0 Å². The number of imide groups is 1. The Morgan fingerprint density at radius 3 is 2.41 bits per heavy atom. The lowest BCUT2D eigenvalue weighted by Crippen LogP contribution is -2.33. The van der Waals surface area contributed by atoms with E-state index in [-0.39, 0.29) is 16.4 Å². The van der Waals surface area contributed by atoms with Gasteiger partial charge in [0.05, 0.1) is 32.8 Å². The first kappa shape index (κ1) is 29.3. The smallest absolute Gasteiger partial charge is 0.324 e. The summed E-state index contributed by atoms with van der Waals surface area (Å²) in [5.41, 5.74) is -1.08. The first-order valence-corrected chi connectivity index (χ1v) is 14.5. The lowest BCUT2D eigenvalue weighted by atomic mass is 9.84. The fourth-order valence-electron chi connectivity index (χ4n) is 5.32. The Balaban J connectivity index is 1.37. The zero-order valence-electron chi connectivity index (χ0n) is 22.1. The number of alkyl halides is 3. The van der Waals surface area contributed by atoms with Crippen molar-refractivity contribution in [2.45, 2.75) is 28.9 Å². The minimum absolute atomic E-state index is 0.133. The topological polar surface area (TPSA) is 145 Å². The van der Waals surface area contributed by atoms with Gasteiger partial charge in [-0.15, -0.1) is 0 Å². The number of thiazole rings is 1. The third kappa shape index (κ3) is 5.05. The van der Waals surface area contributed by atoms with Gasteiger partial charge < -0.3 is 5.32 Å². The molecule has 0 radical (unpaired) electrons. The largest absolute Gasteiger partial charge is 0.418 e. The summed E-state index contributed by atoms with van der Waals surface area (Å²) in [4.78, 5) is 69.2. The predicted molar refractivity (Wildman–Crippen MR) is 153 cm³/mol. The van der Waals surface area contributed by atoms with E-state index in [9.17, 15) is 42.5 Å². The molecule has 6 rings (SSSR count). The molecule has 3 atom stereocenters. The van der Waals surface area contributed by atoms with E-state index in [0.717, 1.165) is 44.7 Å². The Morgan fingerprint density at radius 2 is 1.75 bits per heavy atom. The fraction of sp³-hybridized carbons (Fsp3) is 0.179. The van der Waals surface area contributed by atoms with Gasteiger partial charge in [-0.25, -0.2) is 4.90 Å². The van der Waals surface area contributed by atoms with E-state index < -0.39 is 68.6 Å². The molecule has 11 nitrogen and oxygen atoms in total. The number of carbonyl (C=O) groups excluding carboxylic acids is 3. The van der Waals surface area contributed by atoms with E-state index in [1.165, 1.54) is 48.8 Å². The van der Waals surface area contributed by atoms with Crippen molar-refractivity contribution in [3.8, 4) is 0 Å². The highest BCUT2D eigenvalue weighted by atomic mass is 32.2. The van der Waals surface area contributed by atoms with Crippen LogP contribution in [-0.4, -0.2) is 37.4 Å². The van der Waals surface area contributed by atoms with Gasteiger partial charge in [-0.1, -0.05) is 41.3 Å². The number of fused-ring (bicyclic) bond motifs is 2. The van der Waals surface area contributed by atoms with E-state index in [4.69, 9.17) is 0 Å². The first-order valence-electron chi connectivity index (χ1n) is 12.8. The summed E-state index contributed by atoms with van der Waals surface area (Å²) in [5, 5.41) is 12.5. The maximum absolute atomic E-state index is 13.8. The molecule has 2 aromatic carbocycles. The van der Waals surface area contributed by atoms with Crippen LogP contribution in [0.15, 0.2) is 82.9 Å². The van der Waals surface area contributed by atoms with Crippen molar-refractivity contribution in [1.29, 1.82) is 0 Å². The number of amides is 3. The number of hydrogen-bond acceptors (Lipinski definition) is 9. The van der Waals surface area contributed by atoms with Crippen LogP contribution >= 0.6 is 23.1 Å². The third-order valence-corrected chi connectivity index (χ3v) is 9.82. The molecule has 3 amide bonds. The van der Waals surface area contributed by atoms with Crippen molar-refractivity contribution >= 4 is 57.9 Å². The summed E-state index contributed by atoms with van der Waals surface area (Å²) in [6.45, 7) is -0.644. The molecule has 4 aromatic rings. The van der Waals surface area contributed by atoms with Crippen molar-refractivity contribution in [3.63, 3.8) is 0 Å². The number of carbonyl (C=O) groups is 3.